The van der Waals surface area contributed by atoms with Crippen LogP contribution in [0.2, 0.25) is 5.02 Å². The summed E-state index contributed by atoms with van der Waals surface area (Å²) in [4.78, 5) is 12.3. The van der Waals surface area contributed by atoms with Gasteiger partial charge in [-0.25, -0.2) is 4.21 Å². The van der Waals surface area contributed by atoms with Crippen molar-refractivity contribution in [2.24, 2.45) is 0 Å². The Hall–Kier alpha value is -1.31. The zero-order valence-corrected chi connectivity index (χ0v) is 12.3. The molecule has 0 aliphatic heterocycles. The molecule has 0 aliphatic carbocycles. The molecule has 1 atom stereocenters. The van der Waals surface area contributed by atoms with E-state index in [-0.39, 0.29) is 11.6 Å². The van der Waals surface area contributed by atoms with Crippen molar-refractivity contribution < 1.29 is 9.00 Å². The standard InChI is InChI=1S/C11H10ClN3O2S2/c1-2-13-10(16)9-11(18-15-14-9)19(17)8-5-3-7(12)4-6-8/h3-6H,2H2,1H3,(H,13,16). The first kappa shape index (κ1) is 14.1. The van der Waals surface area contributed by atoms with Crippen molar-refractivity contribution in [2.75, 3.05) is 6.54 Å². The first-order valence-electron chi connectivity index (χ1n) is 5.41. The fourth-order valence-corrected chi connectivity index (χ4v) is 3.46. The van der Waals surface area contributed by atoms with Crippen LogP contribution >= 0.6 is 23.1 Å². The number of carbonyl (C=O) groups is 1. The Bertz CT molecular complexity index is 613. The van der Waals surface area contributed by atoms with Crippen LogP contribution in [0.1, 0.15) is 17.4 Å². The van der Waals surface area contributed by atoms with Gasteiger partial charge >= 0.3 is 0 Å². The van der Waals surface area contributed by atoms with Gasteiger partial charge in [0.15, 0.2) is 9.90 Å². The van der Waals surface area contributed by atoms with E-state index in [1.807, 2.05) is 0 Å². The van der Waals surface area contributed by atoms with Gasteiger partial charge in [0.1, 0.15) is 0 Å². The average molecular weight is 316 g/mol. The first-order valence-corrected chi connectivity index (χ1v) is 7.71. The zero-order valence-electron chi connectivity index (χ0n) is 9.92. The molecule has 1 amide bonds. The number of nitrogens with one attached hydrogen (secondary N) is 1. The van der Waals surface area contributed by atoms with Crippen molar-refractivity contribution >= 4 is 39.8 Å². The van der Waals surface area contributed by atoms with Crippen molar-refractivity contribution in [2.45, 2.75) is 16.0 Å². The fraction of sp³-hybridized carbons (Fsp3) is 0.182. The molecule has 1 heterocycles. The molecule has 0 bridgehead atoms. The Morgan fingerprint density at radius 2 is 2.11 bits per heavy atom. The van der Waals surface area contributed by atoms with Crippen LogP contribution in [0.5, 0.6) is 0 Å². The lowest BCUT2D eigenvalue weighted by Crippen LogP contribution is -2.24. The Labute approximate surface area is 121 Å². The van der Waals surface area contributed by atoms with Gasteiger partial charge in [0.05, 0.1) is 10.8 Å². The molecular weight excluding hydrogens is 306 g/mol. The van der Waals surface area contributed by atoms with Gasteiger partial charge in [-0.1, -0.05) is 16.1 Å². The second-order valence-electron chi connectivity index (χ2n) is 3.49. The molecule has 0 saturated heterocycles. The largest absolute Gasteiger partial charge is 0.351 e. The molecule has 0 spiro atoms. The Kier molecular flexibility index (Phi) is 4.62. The predicted molar refractivity (Wildman–Crippen MR) is 74.0 cm³/mol. The molecule has 0 radical (unpaired) electrons. The van der Waals surface area contributed by atoms with Crippen LogP contribution in [0.4, 0.5) is 0 Å². The Balaban J connectivity index is 2.32. The molecule has 100 valence electrons. The fourth-order valence-electron chi connectivity index (χ4n) is 1.35. The van der Waals surface area contributed by atoms with Crippen LogP contribution in [-0.4, -0.2) is 26.2 Å². The molecule has 1 aromatic carbocycles. The zero-order chi connectivity index (χ0) is 13.8. The van der Waals surface area contributed by atoms with E-state index >= 15 is 0 Å². The predicted octanol–water partition coefficient (Wildman–Crippen LogP) is 2.11. The third-order valence-corrected chi connectivity index (χ3v) is 4.89. The maximum atomic E-state index is 12.4. The molecule has 2 aromatic rings. The van der Waals surface area contributed by atoms with Crippen LogP contribution in [0.3, 0.4) is 0 Å². The van der Waals surface area contributed by atoms with Gasteiger partial charge in [-0.15, -0.1) is 5.10 Å². The minimum absolute atomic E-state index is 0.111. The van der Waals surface area contributed by atoms with Gasteiger partial charge in [-0.05, 0) is 42.7 Å². The highest BCUT2D eigenvalue weighted by Gasteiger charge is 2.21. The van der Waals surface area contributed by atoms with E-state index in [1.165, 1.54) is 0 Å². The van der Waals surface area contributed by atoms with Crippen LogP contribution in [-0.2, 0) is 10.8 Å². The number of hydrogen-bond acceptors (Lipinski definition) is 5. The number of aromatic nitrogens is 2. The second kappa shape index (κ2) is 6.23. The molecule has 2 rings (SSSR count). The lowest BCUT2D eigenvalue weighted by atomic mass is 10.4. The first-order chi connectivity index (χ1) is 9.13. The van der Waals surface area contributed by atoms with E-state index in [0.29, 0.717) is 20.7 Å². The normalized spacial score (nSPS) is 12.1. The molecule has 1 aromatic heterocycles. The minimum atomic E-state index is -1.49. The van der Waals surface area contributed by atoms with Gasteiger partial charge in [0.2, 0.25) is 0 Å². The number of rotatable bonds is 4. The lowest BCUT2D eigenvalue weighted by molar-refractivity contribution is 0.0948. The molecule has 0 aliphatic rings. The quantitative estimate of drug-likeness (QED) is 0.938. The van der Waals surface area contributed by atoms with E-state index in [2.05, 4.69) is 14.9 Å². The topological polar surface area (TPSA) is 72.0 Å². The van der Waals surface area contributed by atoms with Gasteiger partial charge in [0, 0.05) is 16.5 Å². The highest BCUT2D eigenvalue weighted by Crippen LogP contribution is 2.23. The van der Waals surface area contributed by atoms with Gasteiger partial charge in [-0.2, -0.15) is 0 Å². The second-order valence-corrected chi connectivity index (χ2v) is 6.36. The van der Waals surface area contributed by atoms with Crippen LogP contribution in [0.15, 0.2) is 33.4 Å². The van der Waals surface area contributed by atoms with Crippen LogP contribution in [0.25, 0.3) is 0 Å². The summed E-state index contributed by atoms with van der Waals surface area (Å²) in [5.41, 5.74) is 0.111. The van der Waals surface area contributed by atoms with E-state index < -0.39 is 10.8 Å². The van der Waals surface area contributed by atoms with E-state index in [1.54, 1.807) is 31.2 Å². The summed E-state index contributed by atoms with van der Waals surface area (Å²) in [7, 11) is -1.49. The lowest BCUT2D eigenvalue weighted by Gasteiger charge is -2.02. The monoisotopic (exact) mass is 315 g/mol. The van der Waals surface area contributed by atoms with Crippen molar-refractivity contribution in [3.63, 3.8) is 0 Å². The number of benzene rings is 1. The number of nitrogens with zero attached hydrogens (tertiary/aromatic N) is 2. The summed E-state index contributed by atoms with van der Waals surface area (Å²) in [5, 5.41) is 6.91. The molecule has 5 nitrogen and oxygen atoms in total. The van der Waals surface area contributed by atoms with E-state index in [0.717, 1.165) is 11.5 Å². The number of amides is 1. The summed E-state index contributed by atoms with van der Waals surface area (Å²) < 4.78 is 16.4. The Morgan fingerprint density at radius 3 is 2.74 bits per heavy atom. The van der Waals surface area contributed by atoms with Crippen molar-refractivity contribution in [3.05, 3.63) is 35.0 Å². The van der Waals surface area contributed by atoms with Gasteiger partial charge < -0.3 is 5.32 Å². The van der Waals surface area contributed by atoms with Crippen LogP contribution < -0.4 is 5.32 Å². The highest BCUT2D eigenvalue weighted by atomic mass is 35.5. The summed E-state index contributed by atoms with van der Waals surface area (Å²) in [6, 6.07) is 6.60. The molecular formula is C11H10ClN3O2S2. The van der Waals surface area contributed by atoms with Crippen molar-refractivity contribution in [3.8, 4) is 0 Å². The third-order valence-electron chi connectivity index (χ3n) is 2.21. The Morgan fingerprint density at radius 1 is 1.42 bits per heavy atom. The van der Waals surface area contributed by atoms with E-state index in [9.17, 15) is 9.00 Å². The summed E-state index contributed by atoms with van der Waals surface area (Å²) in [6.07, 6.45) is 0. The van der Waals surface area contributed by atoms with Crippen molar-refractivity contribution in [1.29, 1.82) is 0 Å². The number of halogens is 1. The van der Waals surface area contributed by atoms with Crippen molar-refractivity contribution in [1.82, 2.24) is 14.9 Å². The maximum Gasteiger partial charge on any atom is 0.274 e. The minimum Gasteiger partial charge on any atom is -0.351 e. The molecule has 19 heavy (non-hydrogen) atoms. The molecule has 0 fully saturated rings. The molecule has 1 unspecified atom stereocenters. The van der Waals surface area contributed by atoms with Gasteiger partial charge in [-0.3, -0.25) is 4.79 Å². The molecule has 0 saturated carbocycles. The van der Waals surface area contributed by atoms with Crippen LogP contribution in [0, 0.1) is 0 Å². The smallest absolute Gasteiger partial charge is 0.274 e. The molecule has 1 N–H and O–H groups in total. The summed E-state index contributed by atoms with van der Waals surface area (Å²) in [5.74, 6) is -0.367. The van der Waals surface area contributed by atoms with Gasteiger partial charge in [0.25, 0.3) is 5.91 Å². The number of hydrogen-bond donors (Lipinski definition) is 1. The maximum absolute atomic E-state index is 12.4. The SMILES string of the molecule is CCNC(=O)c1nnsc1S(=O)c1ccc(Cl)cc1. The number of carbonyl (C=O) groups excluding carboxylic acids is 1. The summed E-state index contributed by atoms with van der Waals surface area (Å²) in [6.45, 7) is 2.27. The average Bonchev–Trinajstić information content (AvgIpc) is 2.88. The van der Waals surface area contributed by atoms with E-state index in [4.69, 9.17) is 11.6 Å². The highest BCUT2D eigenvalue weighted by molar-refractivity contribution is 7.87. The summed E-state index contributed by atoms with van der Waals surface area (Å²) >= 11 is 6.73. The molecule has 8 heteroatoms. The third kappa shape index (κ3) is 3.17.